The third kappa shape index (κ3) is 6.41. The van der Waals surface area contributed by atoms with Crippen LogP contribution in [0.5, 0.6) is 0 Å². The molecule has 3 atom stereocenters. The standard InChI is InChI=1S/C32H39ClN6O4S/c1-32(2,3)43-31(41)35-20-14-21-8-9-22(15-20)39(21)25-16-34-29-24(17-38(30(29)36-25)18-42-12-13-44(4)5)23-10-6-19-7-11-26(40)37-28(19)27(23)33/h6-7,10-11,16-17,20-22H,8-9,12-15,18H2,1-5H3,(H-,35,37,40,41)/p+1/t20?,21-,22+. The Bertz CT molecular complexity index is 1730. The summed E-state index contributed by atoms with van der Waals surface area (Å²) in [5, 5.41) is 4.41. The highest BCUT2D eigenvalue weighted by Gasteiger charge is 2.42. The van der Waals surface area contributed by atoms with Gasteiger partial charge in [-0.3, -0.25) is 4.79 Å². The SMILES string of the molecule is C[S+](C)CCOCn1cc(-c2ccc3ccc(=O)[nH]c3c2Cl)c2ncc(N3[C@@H]4CC[C@H]3CC(NC(=O)OC(C)(C)C)C4)nc21. The summed E-state index contributed by atoms with van der Waals surface area (Å²) in [6, 6.07) is 7.73. The lowest BCUT2D eigenvalue weighted by atomic mass is 9.97. The average Bonchev–Trinajstić information content (AvgIpc) is 3.44. The molecule has 0 saturated carbocycles. The van der Waals surface area contributed by atoms with Crippen molar-refractivity contribution in [1.29, 1.82) is 0 Å². The number of aromatic nitrogens is 4. The van der Waals surface area contributed by atoms with Gasteiger partial charge in [0.1, 0.15) is 29.4 Å². The van der Waals surface area contributed by atoms with Crippen molar-refractivity contribution in [2.45, 2.75) is 76.9 Å². The maximum absolute atomic E-state index is 12.5. The van der Waals surface area contributed by atoms with E-state index in [1.807, 2.05) is 49.9 Å². The molecule has 0 radical (unpaired) electrons. The van der Waals surface area contributed by atoms with Gasteiger partial charge < -0.3 is 29.2 Å². The molecule has 1 unspecified atom stereocenters. The number of aromatic amines is 1. The first kappa shape index (κ1) is 30.7. The molecule has 2 aliphatic heterocycles. The highest BCUT2D eigenvalue weighted by molar-refractivity contribution is 7.95. The Hall–Kier alpha value is -3.28. The first-order valence-electron chi connectivity index (χ1n) is 15.0. The summed E-state index contributed by atoms with van der Waals surface area (Å²) in [6.07, 6.45) is 11.6. The van der Waals surface area contributed by atoms with E-state index in [2.05, 4.69) is 27.7 Å². The largest absolute Gasteiger partial charge is 0.444 e. The average molecular weight is 640 g/mol. The zero-order valence-electron chi connectivity index (χ0n) is 25.9. The number of carbonyl (C=O) groups excluding carboxylic acids is 1. The van der Waals surface area contributed by atoms with Gasteiger partial charge in [-0.05, 0) is 68.8 Å². The number of nitrogens with one attached hydrogen (secondary N) is 2. The minimum Gasteiger partial charge on any atom is -0.444 e. The molecule has 1 amide bonds. The van der Waals surface area contributed by atoms with Gasteiger partial charge in [0.2, 0.25) is 5.56 Å². The molecule has 2 fully saturated rings. The number of rotatable bonds is 8. The molecule has 0 spiro atoms. The van der Waals surface area contributed by atoms with Crippen LogP contribution in [0.15, 0.2) is 41.5 Å². The van der Waals surface area contributed by atoms with E-state index in [0.717, 1.165) is 64.9 Å². The quantitative estimate of drug-likeness (QED) is 0.194. The lowest BCUT2D eigenvalue weighted by molar-refractivity contribution is 0.0492. The van der Waals surface area contributed by atoms with E-state index in [4.69, 9.17) is 31.0 Å². The van der Waals surface area contributed by atoms with Gasteiger partial charge in [0.05, 0.1) is 35.9 Å². The number of H-pyrrole nitrogens is 1. The van der Waals surface area contributed by atoms with Crippen LogP contribution in [-0.2, 0) is 27.1 Å². The number of piperidine rings is 1. The molecular weight excluding hydrogens is 600 g/mol. The number of halogens is 1. The molecule has 5 heterocycles. The fourth-order valence-corrected chi connectivity index (χ4v) is 7.16. The molecular formula is C32H40ClN6O4S+. The number of anilines is 1. The number of carbonyl (C=O) groups is 1. The summed E-state index contributed by atoms with van der Waals surface area (Å²) in [5.41, 5.74) is 2.89. The van der Waals surface area contributed by atoms with Crippen LogP contribution in [0, 0.1) is 0 Å². The second kappa shape index (κ2) is 12.3. The van der Waals surface area contributed by atoms with Crippen molar-refractivity contribution in [3.8, 4) is 11.1 Å². The Morgan fingerprint density at radius 3 is 2.57 bits per heavy atom. The van der Waals surface area contributed by atoms with Crippen LogP contribution in [0.4, 0.5) is 10.6 Å². The van der Waals surface area contributed by atoms with Crippen LogP contribution in [0.25, 0.3) is 33.2 Å². The highest BCUT2D eigenvalue weighted by atomic mass is 35.5. The van der Waals surface area contributed by atoms with Crippen LogP contribution >= 0.6 is 11.6 Å². The Labute approximate surface area is 264 Å². The van der Waals surface area contributed by atoms with Crippen molar-refractivity contribution in [3.63, 3.8) is 0 Å². The Morgan fingerprint density at radius 2 is 1.86 bits per heavy atom. The number of nitrogens with zero attached hydrogens (tertiary/aromatic N) is 4. The van der Waals surface area contributed by atoms with Crippen molar-refractivity contribution in [3.05, 3.63) is 52.0 Å². The molecule has 6 rings (SSSR count). The van der Waals surface area contributed by atoms with E-state index in [1.165, 1.54) is 6.07 Å². The molecule has 2 aliphatic rings. The van der Waals surface area contributed by atoms with Crippen LogP contribution in [0.2, 0.25) is 5.02 Å². The third-order valence-electron chi connectivity index (χ3n) is 8.27. The fraction of sp³-hybridized carbons (Fsp3) is 0.500. The van der Waals surface area contributed by atoms with Gasteiger partial charge in [0.25, 0.3) is 0 Å². The van der Waals surface area contributed by atoms with E-state index < -0.39 is 5.60 Å². The predicted octanol–water partition coefficient (Wildman–Crippen LogP) is 5.47. The van der Waals surface area contributed by atoms with Gasteiger partial charge in [-0.15, -0.1) is 0 Å². The molecule has 1 aromatic carbocycles. The zero-order chi connectivity index (χ0) is 31.2. The minimum absolute atomic E-state index is 0.0577. The number of hydrogen-bond acceptors (Lipinski definition) is 7. The van der Waals surface area contributed by atoms with Gasteiger partial charge >= 0.3 is 6.09 Å². The summed E-state index contributed by atoms with van der Waals surface area (Å²) < 4.78 is 13.6. The second-order valence-electron chi connectivity index (χ2n) is 13.0. The van der Waals surface area contributed by atoms with Crippen LogP contribution in [0.1, 0.15) is 46.5 Å². The van der Waals surface area contributed by atoms with E-state index in [-0.39, 0.29) is 40.7 Å². The number of ether oxygens (including phenoxy) is 2. The molecule has 234 valence electrons. The molecule has 0 aliphatic carbocycles. The number of hydrogen-bond donors (Lipinski definition) is 2. The third-order valence-corrected chi connectivity index (χ3v) is 9.64. The number of fused-ring (bicyclic) bond motifs is 4. The summed E-state index contributed by atoms with van der Waals surface area (Å²) in [6.45, 7) is 6.61. The summed E-state index contributed by atoms with van der Waals surface area (Å²) >= 11 is 6.90. The normalized spacial score (nSPS) is 20.2. The van der Waals surface area contributed by atoms with Gasteiger partial charge in [0.15, 0.2) is 5.65 Å². The molecule has 2 bridgehead atoms. The van der Waals surface area contributed by atoms with Crippen LogP contribution < -0.4 is 15.8 Å². The molecule has 44 heavy (non-hydrogen) atoms. The lowest BCUT2D eigenvalue weighted by Gasteiger charge is -2.39. The van der Waals surface area contributed by atoms with E-state index in [9.17, 15) is 9.59 Å². The topological polar surface area (TPSA) is 114 Å². The Balaban J connectivity index is 1.32. The zero-order valence-corrected chi connectivity index (χ0v) is 27.4. The van der Waals surface area contributed by atoms with Gasteiger partial charge in [-0.2, -0.15) is 0 Å². The van der Waals surface area contributed by atoms with Crippen molar-refractivity contribution < 1.29 is 14.3 Å². The summed E-state index contributed by atoms with van der Waals surface area (Å²) in [7, 11) is 0.287. The second-order valence-corrected chi connectivity index (χ2v) is 15.7. The Kier molecular flexibility index (Phi) is 8.56. The Morgan fingerprint density at radius 1 is 1.14 bits per heavy atom. The molecule has 4 aromatic rings. The highest BCUT2D eigenvalue weighted by Crippen LogP contribution is 2.41. The van der Waals surface area contributed by atoms with E-state index in [0.29, 0.717) is 23.9 Å². The molecule has 12 heteroatoms. The predicted molar refractivity (Wildman–Crippen MR) is 178 cm³/mol. The molecule has 10 nitrogen and oxygen atoms in total. The van der Waals surface area contributed by atoms with Crippen LogP contribution in [-0.4, -0.2) is 74.2 Å². The van der Waals surface area contributed by atoms with Gasteiger partial charge in [-0.25, -0.2) is 14.8 Å². The van der Waals surface area contributed by atoms with Gasteiger partial charge in [-0.1, -0.05) is 23.7 Å². The van der Waals surface area contributed by atoms with E-state index >= 15 is 0 Å². The fourth-order valence-electron chi connectivity index (χ4n) is 6.39. The van der Waals surface area contributed by atoms with Crippen molar-refractivity contribution >= 4 is 56.5 Å². The number of pyridine rings is 1. The monoisotopic (exact) mass is 639 g/mol. The van der Waals surface area contributed by atoms with Crippen molar-refractivity contribution in [2.24, 2.45) is 0 Å². The summed E-state index contributed by atoms with van der Waals surface area (Å²) in [4.78, 5) is 39.9. The molecule has 2 saturated heterocycles. The van der Waals surface area contributed by atoms with Crippen LogP contribution in [0.3, 0.4) is 0 Å². The molecule has 3 aromatic heterocycles. The van der Waals surface area contributed by atoms with Crippen molar-refractivity contribution in [1.82, 2.24) is 24.8 Å². The maximum atomic E-state index is 12.5. The number of alkyl carbamates (subject to hydrolysis) is 1. The maximum Gasteiger partial charge on any atom is 0.407 e. The first-order chi connectivity index (χ1) is 21.0. The smallest absolute Gasteiger partial charge is 0.407 e. The number of benzene rings is 1. The van der Waals surface area contributed by atoms with Gasteiger partial charge in [0, 0.05) is 41.5 Å². The van der Waals surface area contributed by atoms with E-state index in [1.54, 1.807) is 6.07 Å². The first-order valence-corrected chi connectivity index (χ1v) is 17.6. The minimum atomic E-state index is -0.532. The molecule has 2 N–H and O–H groups in total. The summed E-state index contributed by atoms with van der Waals surface area (Å²) in [5.74, 6) is 1.81. The lowest BCUT2D eigenvalue weighted by Crippen LogP contribution is -2.51. The number of amides is 1. The van der Waals surface area contributed by atoms with Crippen molar-refractivity contribution in [2.75, 3.05) is 29.8 Å².